The molecular weight excluding hydrogens is 439 g/mol. The van der Waals surface area contributed by atoms with Crippen molar-refractivity contribution < 1.29 is 9.18 Å². The molecule has 7 heteroatoms. The average molecular weight is 462 g/mol. The minimum atomic E-state index is -0.486. The van der Waals surface area contributed by atoms with Crippen molar-refractivity contribution in [2.24, 2.45) is 0 Å². The molecule has 0 aliphatic carbocycles. The molecule has 2 aromatic heterocycles. The number of aromatic amines is 1. The number of halogens is 2. The Kier molecular flexibility index (Phi) is 5.77. The van der Waals surface area contributed by atoms with Crippen LogP contribution in [0, 0.1) is 12.7 Å². The summed E-state index contributed by atoms with van der Waals surface area (Å²) in [5, 5.41) is 1.57. The summed E-state index contributed by atoms with van der Waals surface area (Å²) in [6, 6.07) is 15.9. The number of fused-ring (bicyclic) bond motifs is 1. The van der Waals surface area contributed by atoms with Crippen LogP contribution in [0.2, 0.25) is 5.02 Å². The van der Waals surface area contributed by atoms with Crippen molar-refractivity contribution in [1.82, 2.24) is 14.9 Å². The summed E-state index contributed by atoms with van der Waals surface area (Å²) >= 11 is 5.97. The zero-order valence-corrected chi connectivity index (χ0v) is 18.7. The molecule has 0 unspecified atom stereocenters. The van der Waals surface area contributed by atoms with Gasteiger partial charge in [0.25, 0.3) is 0 Å². The summed E-state index contributed by atoms with van der Waals surface area (Å²) in [6.45, 7) is 6.46. The second-order valence-electron chi connectivity index (χ2n) is 8.16. The molecule has 33 heavy (non-hydrogen) atoms. The van der Waals surface area contributed by atoms with Gasteiger partial charge in [-0.15, -0.1) is 0 Å². The number of anilines is 1. The zero-order chi connectivity index (χ0) is 22.9. The fraction of sp³-hybridized carbons (Fsp3) is 0.192. The van der Waals surface area contributed by atoms with Gasteiger partial charge in [0, 0.05) is 60.1 Å². The molecule has 3 heterocycles. The summed E-state index contributed by atoms with van der Waals surface area (Å²) in [4.78, 5) is 24.8. The Bertz CT molecular complexity index is 1300. The fourth-order valence-corrected chi connectivity index (χ4v) is 4.55. The Balaban J connectivity index is 1.40. The molecule has 0 saturated carbocycles. The van der Waals surface area contributed by atoms with Gasteiger partial charge in [-0.3, -0.25) is 4.79 Å². The normalized spacial score (nSPS) is 15.1. The first-order chi connectivity index (χ1) is 16.0. The molecule has 1 saturated heterocycles. The van der Waals surface area contributed by atoms with Gasteiger partial charge in [0.1, 0.15) is 11.5 Å². The second-order valence-corrected chi connectivity index (χ2v) is 8.59. The number of rotatable bonds is 4. The third-order valence-corrected chi connectivity index (χ3v) is 6.45. The highest BCUT2D eigenvalue weighted by Gasteiger charge is 2.28. The van der Waals surface area contributed by atoms with Gasteiger partial charge in [0.05, 0.1) is 11.6 Å². The number of piperazine rings is 1. The summed E-state index contributed by atoms with van der Waals surface area (Å²) in [5.74, 6) is -0.778. The van der Waals surface area contributed by atoms with Crippen LogP contribution < -0.4 is 4.90 Å². The number of amides is 1. The minimum Gasteiger partial charge on any atom is -0.367 e. The molecule has 4 aromatic rings. The molecule has 1 N–H and O–H groups in total. The van der Waals surface area contributed by atoms with E-state index in [1.54, 1.807) is 30.5 Å². The van der Waals surface area contributed by atoms with Crippen LogP contribution in [0.3, 0.4) is 0 Å². The van der Waals surface area contributed by atoms with Crippen molar-refractivity contribution in [3.05, 3.63) is 90.3 Å². The Morgan fingerprint density at radius 1 is 1.03 bits per heavy atom. The molecule has 0 spiro atoms. The minimum absolute atomic E-state index is 0.00665. The van der Waals surface area contributed by atoms with Crippen molar-refractivity contribution in [1.29, 1.82) is 0 Å². The number of carbonyl (C=O) groups is 1. The summed E-state index contributed by atoms with van der Waals surface area (Å²) in [7, 11) is 0. The lowest BCUT2D eigenvalue weighted by Crippen LogP contribution is -2.50. The highest BCUT2D eigenvalue weighted by Crippen LogP contribution is 2.38. The van der Waals surface area contributed by atoms with Crippen LogP contribution in [0.15, 0.2) is 67.0 Å². The molecular formula is C26H23ClFN4O. The van der Waals surface area contributed by atoms with Gasteiger partial charge in [-0.2, -0.15) is 0 Å². The quantitative estimate of drug-likeness (QED) is 0.449. The number of nitrogens with one attached hydrogen (secondary N) is 1. The molecule has 1 aliphatic rings. The van der Waals surface area contributed by atoms with Crippen molar-refractivity contribution in [3.8, 4) is 11.1 Å². The molecule has 0 bridgehead atoms. The van der Waals surface area contributed by atoms with E-state index in [4.69, 9.17) is 11.6 Å². The van der Waals surface area contributed by atoms with E-state index in [-0.39, 0.29) is 11.7 Å². The van der Waals surface area contributed by atoms with E-state index >= 15 is 0 Å². The molecule has 1 aliphatic heterocycles. The van der Waals surface area contributed by atoms with Crippen molar-refractivity contribution >= 4 is 34.2 Å². The number of carbonyl (C=O) groups excluding carboxylic acids is 1. The van der Waals surface area contributed by atoms with E-state index in [0.29, 0.717) is 36.8 Å². The van der Waals surface area contributed by atoms with Gasteiger partial charge in [-0.05, 0) is 36.8 Å². The van der Waals surface area contributed by atoms with Crippen LogP contribution >= 0.6 is 11.6 Å². The smallest absolute Gasteiger partial charge is 0.230 e. The molecule has 1 radical (unpaired) electrons. The Morgan fingerprint density at radius 3 is 2.48 bits per heavy atom. The maximum atomic E-state index is 14.7. The maximum Gasteiger partial charge on any atom is 0.230 e. The molecule has 1 amide bonds. The van der Waals surface area contributed by atoms with E-state index in [0.717, 1.165) is 27.8 Å². The maximum absolute atomic E-state index is 14.7. The van der Waals surface area contributed by atoms with Crippen molar-refractivity contribution in [2.75, 3.05) is 31.1 Å². The predicted molar refractivity (Wildman–Crippen MR) is 130 cm³/mol. The van der Waals surface area contributed by atoms with Gasteiger partial charge in [0.2, 0.25) is 5.91 Å². The van der Waals surface area contributed by atoms with Gasteiger partial charge in [-0.1, -0.05) is 41.9 Å². The molecule has 2 aromatic carbocycles. The van der Waals surface area contributed by atoms with Crippen LogP contribution in [0.5, 0.6) is 0 Å². The topological polar surface area (TPSA) is 52.2 Å². The Labute approximate surface area is 196 Å². The highest BCUT2D eigenvalue weighted by atomic mass is 35.5. The van der Waals surface area contributed by atoms with Crippen molar-refractivity contribution in [3.63, 3.8) is 0 Å². The van der Waals surface area contributed by atoms with Gasteiger partial charge >= 0.3 is 0 Å². The Morgan fingerprint density at radius 2 is 1.76 bits per heavy atom. The Hall–Kier alpha value is -3.38. The van der Waals surface area contributed by atoms with Crippen LogP contribution in [-0.2, 0) is 4.79 Å². The number of aromatic nitrogens is 2. The summed E-state index contributed by atoms with van der Waals surface area (Å²) in [6.07, 6.45) is 3.56. The van der Waals surface area contributed by atoms with Gasteiger partial charge in [-0.25, -0.2) is 9.37 Å². The summed E-state index contributed by atoms with van der Waals surface area (Å²) < 4.78 is 14.7. The SMILES string of the molecule is [CH2][C@H](C(=O)N1CCN(c2c(-c3ccccc3F)cnc3[nH]ccc23)CC1)c1ccc(Cl)cc1. The van der Waals surface area contributed by atoms with Gasteiger partial charge < -0.3 is 14.8 Å². The van der Waals surface area contributed by atoms with Crippen LogP contribution in [-0.4, -0.2) is 47.0 Å². The first kappa shape index (κ1) is 21.5. The lowest BCUT2D eigenvalue weighted by molar-refractivity contribution is -0.132. The lowest BCUT2D eigenvalue weighted by Gasteiger charge is -2.38. The van der Waals surface area contributed by atoms with E-state index in [1.165, 1.54) is 6.07 Å². The molecule has 1 fully saturated rings. The van der Waals surface area contributed by atoms with E-state index in [2.05, 4.69) is 21.8 Å². The first-order valence-electron chi connectivity index (χ1n) is 10.9. The lowest BCUT2D eigenvalue weighted by atomic mass is 9.99. The van der Waals surface area contributed by atoms with Crippen LogP contribution in [0.25, 0.3) is 22.2 Å². The number of H-pyrrole nitrogens is 1. The number of pyridine rings is 1. The summed E-state index contributed by atoms with van der Waals surface area (Å²) in [5.41, 5.74) is 3.79. The molecule has 167 valence electrons. The second kappa shape index (κ2) is 8.87. The monoisotopic (exact) mass is 461 g/mol. The molecule has 5 nitrogen and oxygen atoms in total. The highest BCUT2D eigenvalue weighted by molar-refractivity contribution is 6.30. The van der Waals surface area contributed by atoms with Crippen LogP contribution in [0.1, 0.15) is 11.5 Å². The van der Waals surface area contributed by atoms with E-state index < -0.39 is 5.92 Å². The average Bonchev–Trinajstić information content (AvgIpc) is 3.32. The standard InChI is InChI=1S/C26H23ClFN4O/c1-17(18-6-8-19(27)9-7-18)26(33)32-14-12-31(13-15-32)24-21-10-11-29-25(21)30-16-22(24)20-4-2-3-5-23(20)28/h2-11,16-17H,1,12-15H2,(H,29,30)/t17-/m0/s1. The van der Waals surface area contributed by atoms with Crippen molar-refractivity contribution in [2.45, 2.75) is 5.92 Å². The molecule has 1 atom stereocenters. The predicted octanol–water partition coefficient (Wildman–Crippen LogP) is 5.29. The number of hydrogen-bond acceptors (Lipinski definition) is 3. The van der Waals surface area contributed by atoms with E-state index in [9.17, 15) is 9.18 Å². The fourth-order valence-electron chi connectivity index (χ4n) is 4.42. The van der Waals surface area contributed by atoms with Crippen LogP contribution in [0.4, 0.5) is 10.1 Å². The third-order valence-electron chi connectivity index (χ3n) is 6.20. The van der Waals surface area contributed by atoms with E-state index in [1.807, 2.05) is 35.4 Å². The number of benzene rings is 2. The third kappa shape index (κ3) is 4.07. The number of nitrogens with zero attached hydrogens (tertiary/aromatic N) is 3. The largest absolute Gasteiger partial charge is 0.367 e. The number of hydrogen-bond donors (Lipinski definition) is 1. The first-order valence-corrected chi connectivity index (χ1v) is 11.2. The van der Waals surface area contributed by atoms with Gasteiger partial charge in [0.15, 0.2) is 0 Å². The zero-order valence-electron chi connectivity index (χ0n) is 18.0. The molecule has 5 rings (SSSR count).